The van der Waals surface area contributed by atoms with E-state index in [2.05, 4.69) is 11.8 Å². The Labute approximate surface area is 217 Å². The van der Waals surface area contributed by atoms with Crippen molar-refractivity contribution >= 4 is 11.6 Å². The minimum Gasteiger partial charge on any atom is -0.306 e. The van der Waals surface area contributed by atoms with Crippen LogP contribution in [0.15, 0.2) is 24.3 Å². The monoisotopic (exact) mass is 611 g/mol. The highest BCUT2D eigenvalue weighted by atomic mass is 19.4. The molecular formula is C23H20F15NO. The first kappa shape index (κ1) is 35.2. The summed E-state index contributed by atoms with van der Waals surface area (Å²) < 4.78 is 203. The van der Waals surface area contributed by atoms with Gasteiger partial charge in [0.25, 0.3) is 0 Å². The summed E-state index contributed by atoms with van der Waals surface area (Å²) in [6.07, 6.45) is -6.65. The maximum Gasteiger partial charge on any atom is 0.460 e. The van der Waals surface area contributed by atoms with E-state index in [4.69, 9.17) is 0 Å². The Morgan fingerprint density at radius 2 is 1.18 bits per heavy atom. The third-order valence-electron chi connectivity index (χ3n) is 5.36. The van der Waals surface area contributed by atoms with Gasteiger partial charge in [-0.05, 0) is 25.0 Å². The minimum atomic E-state index is -8.47. The number of benzene rings is 1. The maximum atomic E-state index is 14.6. The molecule has 1 amide bonds. The zero-order valence-electron chi connectivity index (χ0n) is 20.4. The van der Waals surface area contributed by atoms with Crippen molar-refractivity contribution in [1.29, 1.82) is 0 Å². The Kier molecular flexibility index (Phi) is 10.2. The molecule has 1 rings (SSSR count). The van der Waals surface area contributed by atoms with Crippen LogP contribution in [0, 0.1) is 11.8 Å². The number of para-hydroxylation sites is 1. The Hall–Kier alpha value is -2.80. The molecule has 0 aromatic heterocycles. The lowest BCUT2D eigenvalue weighted by molar-refractivity contribution is -0.449. The summed E-state index contributed by atoms with van der Waals surface area (Å²) in [5.41, 5.74) is -1.04. The van der Waals surface area contributed by atoms with E-state index < -0.39 is 59.9 Å². The minimum absolute atomic E-state index is 0.221. The van der Waals surface area contributed by atoms with E-state index >= 15 is 0 Å². The first-order chi connectivity index (χ1) is 17.9. The molecule has 228 valence electrons. The lowest BCUT2D eigenvalue weighted by Gasteiger charge is -2.41. The molecule has 0 heterocycles. The average molecular weight is 611 g/mol. The molecule has 17 heteroatoms. The molecule has 2 nitrogen and oxygen atoms in total. The number of carbonyl (C=O) groups excluding carboxylic acids is 1. The van der Waals surface area contributed by atoms with Gasteiger partial charge in [0.1, 0.15) is 0 Å². The van der Waals surface area contributed by atoms with Crippen molar-refractivity contribution in [2.45, 2.75) is 81.2 Å². The van der Waals surface area contributed by atoms with Crippen molar-refractivity contribution in [2.75, 3.05) is 11.4 Å². The van der Waals surface area contributed by atoms with Gasteiger partial charge in [-0.1, -0.05) is 44.2 Å². The molecule has 0 fully saturated rings. The van der Waals surface area contributed by atoms with Crippen LogP contribution in [0.3, 0.4) is 0 Å². The smallest absolute Gasteiger partial charge is 0.306 e. The molecule has 40 heavy (non-hydrogen) atoms. The number of hydrogen-bond donors (Lipinski definition) is 0. The molecule has 0 saturated carbocycles. The Morgan fingerprint density at radius 3 is 1.65 bits per heavy atom. The molecule has 0 aliphatic rings. The molecular weight excluding hydrogens is 591 g/mol. The normalized spacial score (nSPS) is 14.0. The molecule has 0 aliphatic carbocycles. The fraction of sp³-hybridized carbons (Fsp3) is 0.609. The summed E-state index contributed by atoms with van der Waals surface area (Å²) in [4.78, 5) is 12.2. The average Bonchev–Trinajstić information content (AvgIpc) is 2.83. The van der Waals surface area contributed by atoms with Gasteiger partial charge in [0.15, 0.2) is 0 Å². The molecule has 1 aromatic carbocycles. The SMILES string of the molecule is CCCCC#Cc1ccccc1N(CCC)C(=O)C(F)(F)C(F)(F)C(F)(F)C(F)(F)C(F)(F)C(F)(F)C(F)(F)F. The van der Waals surface area contributed by atoms with Crippen LogP contribution in [-0.2, 0) is 4.79 Å². The highest BCUT2D eigenvalue weighted by molar-refractivity contribution is 6.00. The second-order valence-corrected chi connectivity index (χ2v) is 8.32. The van der Waals surface area contributed by atoms with Gasteiger partial charge in [-0.25, -0.2) is 0 Å². The quantitative estimate of drug-likeness (QED) is 0.140. The van der Waals surface area contributed by atoms with E-state index in [9.17, 15) is 70.7 Å². The van der Waals surface area contributed by atoms with Gasteiger partial charge < -0.3 is 4.90 Å². The van der Waals surface area contributed by atoms with Gasteiger partial charge >= 0.3 is 47.6 Å². The van der Waals surface area contributed by atoms with Crippen molar-refractivity contribution in [3.05, 3.63) is 29.8 Å². The number of rotatable bonds is 11. The first-order valence-electron chi connectivity index (χ1n) is 11.1. The van der Waals surface area contributed by atoms with Crippen LogP contribution >= 0.6 is 0 Å². The number of halogens is 15. The highest BCUT2D eigenvalue weighted by Crippen LogP contribution is 2.62. The van der Waals surface area contributed by atoms with Gasteiger partial charge in [0.05, 0.1) is 5.69 Å². The molecule has 0 bridgehead atoms. The lowest BCUT2D eigenvalue weighted by atomic mass is 9.90. The lowest BCUT2D eigenvalue weighted by Crippen LogP contribution is -2.74. The maximum absolute atomic E-state index is 14.6. The van der Waals surface area contributed by atoms with Crippen LogP contribution in [0.5, 0.6) is 0 Å². The van der Waals surface area contributed by atoms with Crippen LogP contribution < -0.4 is 4.90 Å². The number of carbonyl (C=O) groups is 1. The van der Waals surface area contributed by atoms with E-state index in [1.54, 1.807) is 6.92 Å². The zero-order valence-corrected chi connectivity index (χ0v) is 20.4. The standard InChI is InChI=1S/C23H20F15NO/c1-3-5-6-7-10-14-11-8-9-12-15(14)39(13-4-2)16(40)17(24,25)18(26,27)19(28,29)20(30,31)21(32,33)22(34,35)23(36,37)38/h8-9,11-12H,3-6,13H2,1-2H3. The number of nitrogens with zero attached hydrogens (tertiary/aromatic N) is 1. The predicted molar refractivity (Wildman–Crippen MR) is 111 cm³/mol. The van der Waals surface area contributed by atoms with Gasteiger partial charge in [0.2, 0.25) is 0 Å². The zero-order chi connectivity index (χ0) is 31.6. The number of anilines is 1. The van der Waals surface area contributed by atoms with Crippen LogP contribution in [0.25, 0.3) is 0 Å². The summed E-state index contributed by atoms with van der Waals surface area (Å²) in [6, 6.07) is 4.16. The number of amides is 1. The van der Waals surface area contributed by atoms with Crippen molar-refractivity contribution in [2.24, 2.45) is 0 Å². The second kappa shape index (κ2) is 11.6. The van der Waals surface area contributed by atoms with Gasteiger partial charge in [-0.2, -0.15) is 65.9 Å². The Balaban J connectivity index is 3.71. The summed E-state index contributed by atoms with van der Waals surface area (Å²) >= 11 is 0. The highest BCUT2D eigenvalue weighted by Gasteiger charge is 2.94. The summed E-state index contributed by atoms with van der Waals surface area (Å²) in [7, 11) is 0. The third-order valence-corrected chi connectivity index (χ3v) is 5.36. The first-order valence-corrected chi connectivity index (χ1v) is 11.1. The van der Waals surface area contributed by atoms with Crippen LogP contribution in [-0.4, -0.2) is 54.2 Å². The van der Waals surface area contributed by atoms with E-state index in [1.165, 1.54) is 6.07 Å². The van der Waals surface area contributed by atoms with Gasteiger partial charge in [-0.15, -0.1) is 0 Å². The number of unbranched alkanes of at least 4 members (excludes halogenated alkanes) is 2. The Morgan fingerprint density at radius 1 is 0.700 bits per heavy atom. The van der Waals surface area contributed by atoms with Crippen LogP contribution in [0.2, 0.25) is 0 Å². The molecule has 0 spiro atoms. The molecule has 0 aliphatic heterocycles. The molecule has 0 radical (unpaired) electrons. The summed E-state index contributed by atoms with van der Waals surface area (Å²) in [6.45, 7) is 1.95. The number of alkyl halides is 15. The van der Waals surface area contributed by atoms with E-state index in [1.807, 2.05) is 0 Å². The van der Waals surface area contributed by atoms with Crippen LogP contribution in [0.1, 0.15) is 45.1 Å². The van der Waals surface area contributed by atoms with Gasteiger partial charge in [-0.3, -0.25) is 4.79 Å². The Bertz CT molecular complexity index is 1100. The second-order valence-electron chi connectivity index (χ2n) is 8.32. The summed E-state index contributed by atoms with van der Waals surface area (Å²) in [5, 5.41) is 0. The number of hydrogen-bond acceptors (Lipinski definition) is 1. The largest absolute Gasteiger partial charge is 0.460 e. The van der Waals surface area contributed by atoms with Crippen molar-refractivity contribution < 1.29 is 70.7 Å². The summed E-state index contributed by atoms with van der Waals surface area (Å²) in [5.74, 6) is -46.7. The fourth-order valence-electron chi connectivity index (χ4n) is 3.06. The van der Waals surface area contributed by atoms with Crippen molar-refractivity contribution in [3.8, 4) is 11.8 Å². The molecule has 0 unspecified atom stereocenters. The van der Waals surface area contributed by atoms with Crippen molar-refractivity contribution in [1.82, 2.24) is 0 Å². The molecule has 0 saturated heterocycles. The van der Waals surface area contributed by atoms with Crippen molar-refractivity contribution in [3.63, 3.8) is 0 Å². The van der Waals surface area contributed by atoms with Crippen LogP contribution in [0.4, 0.5) is 71.5 Å². The van der Waals surface area contributed by atoms with E-state index in [0.29, 0.717) is 12.8 Å². The predicted octanol–water partition coefficient (Wildman–Crippen LogP) is 8.35. The molecule has 0 atom stereocenters. The van der Waals surface area contributed by atoms with E-state index in [0.717, 1.165) is 25.1 Å². The topological polar surface area (TPSA) is 20.3 Å². The van der Waals surface area contributed by atoms with Gasteiger partial charge in [0, 0.05) is 18.5 Å². The van der Waals surface area contributed by atoms with E-state index in [-0.39, 0.29) is 23.3 Å². The molecule has 1 aromatic rings. The molecule has 0 N–H and O–H groups in total. The third kappa shape index (κ3) is 5.67. The fourth-order valence-corrected chi connectivity index (χ4v) is 3.06.